The maximum atomic E-state index is 13.6. The number of pyridine rings is 2. The molecule has 4 aliphatic carbocycles. The summed E-state index contributed by atoms with van der Waals surface area (Å²) >= 11 is 0. The summed E-state index contributed by atoms with van der Waals surface area (Å²) in [4.78, 5) is 55.7. The van der Waals surface area contributed by atoms with E-state index in [1.54, 1.807) is 25.1 Å². The van der Waals surface area contributed by atoms with E-state index in [2.05, 4.69) is 20.8 Å². The molecule has 0 bridgehead atoms. The van der Waals surface area contributed by atoms with E-state index in [-0.39, 0.29) is 89.7 Å². The van der Waals surface area contributed by atoms with Gasteiger partial charge in [-0.05, 0) is 135 Å². The summed E-state index contributed by atoms with van der Waals surface area (Å²) in [5.74, 6) is 1.45. The standard InChI is InChI=1S/C47H59N3O11/c1-5-47(56)34-22-36-41-26(23-49(36)43(54)30(34)24-61-44(47)55)19-29-35(48-41)10-11-38(42(29)50(57)58)59-17-6-18-60-39(53)12-7-25(2)31-8-9-32-40-33(14-16-46(31,32)4)45(3)15-13-28(51)20-27(45)21-37(40)52/h10-11,19,22,25,27-28,31-33,37,40,51-52,56H,5-9,12-18,20-21,23-24H2,1-4H3/t25-,27?,28?,31?,32?,33?,37-,40?,45?,46?,47+/m1/s1. The lowest BCUT2D eigenvalue weighted by Crippen LogP contribution is -2.58. The van der Waals surface area contributed by atoms with Gasteiger partial charge in [0.25, 0.3) is 5.56 Å². The summed E-state index contributed by atoms with van der Waals surface area (Å²) in [5, 5.41) is 45.8. The predicted molar refractivity (Wildman–Crippen MR) is 223 cm³/mol. The number of nitro benzene ring substituents is 1. The first-order valence-electron chi connectivity index (χ1n) is 22.5. The fourth-order valence-electron chi connectivity index (χ4n) is 13.5. The molecule has 9 rings (SSSR count). The van der Waals surface area contributed by atoms with Crippen molar-refractivity contribution < 1.29 is 44.0 Å². The molecule has 2 aromatic heterocycles. The molecule has 0 saturated heterocycles. The van der Waals surface area contributed by atoms with Crippen molar-refractivity contribution in [1.29, 1.82) is 0 Å². The highest BCUT2D eigenvalue weighted by Gasteiger charge is 2.63. The van der Waals surface area contributed by atoms with E-state index in [0.29, 0.717) is 70.8 Å². The van der Waals surface area contributed by atoms with Gasteiger partial charge in [0.2, 0.25) is 0 Å². The average Bonchev–Trinajstić information content (AvgIpc) is 3.78. The molecule has 4 heterocycles. The third-order valence-corrected chi connectivity index (χ3v) is 16.8. The van der Waals surface area contributed by atoms with Gasteiger partial charge in [-0.3, -0.25) is 19.7 Å². The van der Waals surface area contributed by atoms with Gasteiger partial charge in [-0.1, -0.05) is 27.7 Å². The van der Waals surface area contributed by atoms with Gasteiger partial charge < -0.3 is 34.1 Å². The van der Waals surface area contributed by atoms with E-state index in [9.17, 15) is 39.8 Å². The smallest absolute Gasteiger partial charge is 0.343 e. The van der Waals surface area contributed by atoms with Crippen LogP contribution in [-0.4, -0.2) is 67.2 Å². The van der Waals surface area contributed by atoms with Gasteiger partial charge in [-0.25, -0.2) is 9.78 Å². The van der Waals surface area contributed by atoms with E-state index in [1.807, 2.05) is 0 Å². The number of carbonyl (C=O) groups excluding carboxylic acids is 2. The van der Waals surface area contributed by atoms with Gasteiger partial charge in [0.05, 0.1) is 64.7 Å². The van der Waals surface area contributed by atoms with Gasteiger partial charge in [0.1, 0.15) is 6.61 Å². The summed E-state index contributed by atoms with van der Waals surface area (Å²) in [6.45, 7) is 8.82. The highest BCUT2D eigenvalue weighted by molar-refractivity contribution is 5.94. The highest BCUT2D eigenvalue weighted by Crippen LogP contribution is 2.68. The molecule has 11 atom stereocenters. The molecular weight excluding hydrogens is 783 g/mol. The van der Waals surface area contributed by atoms with Crippen LogP contribution in [-0.2, 0) is 37.8 Å². The molecule has 4 fully saturated rings. The van der Waals surface area contributed by atoms with Crippen LogP contribution in [0.15, 0.2) is 29.1 Å². The summed E-state index contributed by atoms with van der Waals surface area (Å²) in [7, 11) is 0. The van der Waals surface area contributed by atoms with Crippen molar-refractivity contribution in [3.63, 3.8) is 0 Å². The summed E-state index contributed by atoms with van der Waals surface area (Å²) < 4.78 is 18.1. The number of hydrogen-bond donors (Lipinski definition) is 3. The molecule has 61 heavy (non-hydrogen) atoms. The first kappa shape index (κ1) is 41.9. The van der Waals surface area contributed by atoms with Gasteiger partial charge in [-0.2, -0.15) is 0 Å². The number of carbonyl (C=O) groups is 2. The number of aromatic nitrogens is 2. The minimum atomic E-state index is -1.96. The largest absolute Gasteiger partial charge is 0.487 e. The van der Waals surface area contributed by atoms with Gasteiger partial charge in [0.15, 0.2) is 11.4 Å². The van der Waals surface area contributed by atoms with E-state index in [1.165, 1.54) is 10.6 Å². The zero-order valence-electron chi connectivity index (χ0n) is 35.7. The molecule has 4 saturated carbocycles. The lowest BCUT2D eigenvalue weighted by molar-refractivity contribution is -0.384. The minimum absolute atomic E-state index is 0.0138. The van der Waals surface area contributed by atoms with Crippen LogP contribution in [0.3, 0.4) is 0 Å². The Balaban J connectivity index is 0.794. The SMILES string of the molecule is CC[C@@]1(O)C(=O)OCc2c1cc1n(c2=O)Cc2cc3c([N+](=O)[O-])c(OCCCOC(=O)CC[C@@H](C)C4CCC5C6C(CCC54C)C4(C)CCC(O)CC4C[C@H]6O)ccc3nc2-1. The van der Waals surface area contributed by atoms with Crippen molar-refractivity contribution >= 4 is 28.5 Å². The van der Waals surface area contributed by atoms with Crippen molar-refractivity contribution in [3.8, 4) is 17.1 Å². The molecule has 3 N–H and O–H groups in total. The van der Waals surface area contributed by atoms with Gasteiger partial charge >= 0.3 is 17.6 Å². The second-order valence-corrected chi connectivity index (χ2v) is 19.7. The monoisotopic (exact) mass is 841 g/mol. The molecule has 6 aliphatic rings. The number of fused-ring (bicyclic) bond motifs is 10. The second-order valence-electron chi connectivity index (χ2n) is 19.7. The van der Waals surface area contributed by atoms with Crippen molar-refractivity contribution in [2.45, 2.75) is 136 Å². The van der Waals surface area contributed by atoms with Crippen LogP contribution in [0, 0.1) is 56.5 Å². The predicted octanol–water partition coefficient (Wildman–Crippen LogP) is 6.71. The van der Waals surface area contributed by atoms with Crippen molar-refractivity contribution in [1.82, 2.24) is 9.55 Å². The zero-order valence-corrected chi connectivity index (χ0v) is 35.7. The molecule has 1 aromatic carbocycles. The molecule has 14 nitrogen and oxygen atoms in total. The maximum absolute atomic E-state index is 13.6. The van der Waals surface area contributed by atoms with Crippen molar-refractivity contribution in [2.75, 3.05) is 13.2 Å². The number of aliphatic hydroxyl groups excluding tert-OH is 2. The molecule has 3 aromatic rings. The fraction of sp³-hybridized carbons (Fsp3) is 0.660. The number of aliphatic hydroxyl groups is 3. The molecular formula is C47H59N3O11. The average molecular weight is 842 g/mol. The molecule has 0 amide bonds. The maximum Gasteiger partial charge on any atom is 0.343 e. The topological polar surface area (TPSA) is 201 Å². The van der Waals surface area contributed by atoms with E-state index in [0.717, 1.165) is 57.8 Å². The van der Waals surface area contributed by atoms with Crippen LogP contribution in [0.1, 0.15) is 121 Å². The molecule has 2 aliphatic heterocycles. The number of rotatable bonds is 11. The first-order valence-corrected chi connectivity index (χ1v) is 22.5. The van der Waals surface area contributed by atoms with E-state index in [4.69, 9.17) is 19.2 Å². The van der Waals surface area contributed by atoms with Gasteiger partial charge in [0, 0.05) is 24.0 Å². The summed E-state index contributed by atoms with van der Waals surface area (Å²) in [6.07, 6.45) is 8.87. The summed E-state index contributed by atoms with van der Waals surface area (Å²) in [5.41, 5.74) is -0.196. The number of cyclic esters (lactones) is 1. The number of nitrogens with zero attached hydrogens (tertiary/aromatic N) is 3. The van der Waals surface area contributed by atoms with Crippen LogP contribution < -0.4 is 10.3 Å². The minimum Gasteiger partial charge on any atom is -0.487 e. The first-order chi connectivity index (χ1) is 29.1. The fourth-order valence-corrected chi connectivity index (χ4v) is 13.5. The number of hydrogen-bond acceptors (Lipinski definition) is 12. The summed E-state index contributed by atoms with van der Waals surface area (Å²) in [6, 6.07) is 6.34. The Labute approximate surface area is 355 Å². The van der Waals surface area contributed by atoms with Crippen molar-refractivity contribution in [2.24, 2.45) is 46.3 Å². The number of esters is 2. The second kappa shape index (κ2) is 15.4. The number of benzene rings is 1. The molecule has 14 heteroatoms. The Bertz CT molecular complexity index is 2350. The molecule has 328 valence electrons. The number of ether oxygens (including phenoxy) is 3. The Kier molecular flexibility index (Phi) is 10.6. The molecule has 8 unspecified atom stereocenters. The van der Waals surface area contributed by atoms with Crippen LogP contribution in [0.5, 0.6) is 5.75 Å². The number of nitro groups is 1. The Hall–Kier alpha value is -4.40. The van der Waals surface area contributed by atoms with E-state index < -0.39 is 22.1 Å². The Morgan fingerprint density at radius 2 is 1.84 bits per heavy atom. The van der Waals surface area contributed by atoms with Crippen LogP contribution in [0.4, 0.5) is 5.69 Å². The quantitative estimate of drug-likeness (QED) is 0.0625. The van der Waals surface area contributed by atoms with Gasteiger partial charge in [-0.15, -0.1) is 0 Å². The Morgan fingerprint density at radius 3 is 2.61 bits per heavy atom. The third-order valence-electron chi connectivity index (χ3n) is 16.8. The molecule has 0 radical (unpaired) electrons. The highest BCUT2D eigenvalue weighted by atomic mass is 16.6. The lowest BCUT2D eigenvalue weighted by atomic mass is 9.43. The lowest BCUT2D eigenvalue weighted by Gasteiger charge is -2.62. The zero-order chi connectivity index (χ0) is 43.2. The molecule has 0 spiro atoms. The van der Waals surface area contributed by atoms with E-state index >= 15 is 0 Å². The third kappa shape index (κ3) is 6.68. The van der Waals surface area contributed by atoms with Crippen molar-refractivity contribution in [3.05, 3.63) is 61.4 Å². The normalized spacial score (nSPS) is 34.0. The van der Waals surface area contributed by atoms with Crippen LogP contribution >= 0.6 is 0 Å². The van der Waals surface area contributed by atoms with Crippen LogP contribution in [0.25, 0.3) is 22.3 Å². The van der Waals surface area contributed by atoms with Crippen LogP contribution in [0.2, 0.25) is 0 Å². The Morgan fingerprint density at radius 1 is 1.07 bits per heavy atom.